The van der Waals surface area contributed by atoms with E-state index in [1.54, 1.807) is 0 Å². The number of aromatic carboxylic acids is 4. The van der Waals surface area contributed by atoms with E-state index in [2.05, 4.69) is 10.6 Å². The molecule has 0 bridgehead atoms. The van der Waals surface area contributed by atoms with Crippen LogP contribution in [0.2, 0.25) is 0 Å². The molecule has 0 saturated carbocycles. The molecule has 0 radical (unpaired) electrons. The van der Waals surface area contributed by atoms with Crippen LogP contribution in [0.1, 0.15) is 86.4 Å². The first-order valence-corrected chi connectivity index (χ1v) is 11.3. The Morgan fingerprint density at radius 1 is 0.514 bits per heavy atom. The van der Waals surface area contributed by atoms with Gasteiger partial charge in [-0.1, -0.05) is 19.3 Å². The predicted octanol–water partition coefficient (Wildman–Crippen LogP) is 3.79. The van der Waals surface area contributed by atoms with Crippen LogP contribution in [0.3, 0.4) is 0 Å². The standard InChI is InChI=1S/C25H26N2O10/c28-20(26-18-12-14(22(30)31)8-10-16(18)24(34)35)6-4-2-1-3-5-7-21(29)27-19-13-15(23(32)33)9-11-17(19)25(36)37/h8-13H,1-7H2,(H,26,28)(H,27,29)(H,30,31)(H,32,33)(H,34,35)(H,36,37). The normalized spacial score (nSPS) is 10.4. The molecule has 0 aliphatic rings. The Morgan fingerprint density at radius 2 is 0.865 bits per heavy atom. The SMILES string of the molecule is O=C(CCCCCCCC(=O)Nc1cc(C(=O)O)ccc1C(=O)O)Nc1cc(C(=O)O)ccc1C(=O)O. The van der Waals surface area contributed by atoms with Crippen LogP contribution in [0.5, 0.6) is 0 Å². The second kappa shape index (κ2) is 13.4. The van der Waals surface area contributed by atoms with Crippen LogP contribution in [-0.2, 0) is 9.59 Å². The monoisotopic (exact) mass is 514 g/mol. The zero-order chi connectivity index (χ0) is 27.5. The van der Waals surface area contributed by atoms with Crippen molar-refractivity contribution in [3.63, 3.8) is 0 Å². The first-order valence-electron chi connectivity index (χ1n) is 11.3. The summed E-state index contributed by atoms with van der Waals surface area (Å²) in [5.41, 5.74) is -0.938. The second-order valence-electron chi connectivity index (χ2n) is 8.11. The maximum absolute atomic E-state index is 12.2. The fourth-order valence-corrected chi connectivity index (χ4v) is 3.46. The van der Waals surface area contributed by atoms with Crippen LogP contribution in [0.15, 0.2) is 36.4 Å². The highest BCUT2D eigenvalue weighted by Gasteiger charge is 2.17. The highest BCUT2D eigenvalue weighted by Crippen LogP contribution is 2.20. The number of carboxylic acid groups (broad SMARTS) is 4. The van der Waals surface area contributed by atoms with E-state index in [1.165, 1.54) is 0 Å². The van der Waals surface area contributed by atoms with Gasteiger partial charge >= 0.3 is 23.9 Å². The van der Waals surface area contributed by atoms with Gasteiger partial charge in [-0.3, -0.25) is 9.59 Å². The van der Waals surface area contributed by atoms with Crippen molar-refractivity contribution < 1.29 is 49.2 Å². The van der Waals surface area contributed by atoms with Gasteiger partial charge in [-0.2, -0.15) is 0 Å². The van der Waals surface area contributed by atoms with Crippen molar-refractivity contribution in [1.29, 1.82) is 0 Å². The molecule has 2 rings (SSSR count). The number of amides is 2. The van der Waals surface area contributed by atoms with Crippen LogP contribution in [0.25, 0.3) is 0 Å². The molecular weight excluding hydrogens is 488 g/mol. The van der Waals surface area contributed by atoms with Crippen LogP contribution >= 0.6 is 0 Å². The summed E-state index contributed by atoms with van der Waals surface area (Å²) in [6.45, 7) is 0. The number of benzene rings is 2. The topological polar surface area (TPSA) is 207 Å². The average molecular weight is 514 g/mol. The number of nitrogens with one attached hydrogen (secondary N) is 2. The van der Waals surface area contributed by atoms with Gasteiger partial charge in [0, 0.05) is 12.8 Å². The summed E-state index contributed by atoms with van der Waals surface area (Å²) in [7, 11) is 0. The summed E-state index contributed by atoms with van der Waals surface area (Å²) < 4.78 is 0. The third-order valence-corrected chi connectivity index (χ3v) is 5.35. The molecule has 0 atom stereocenters. The largest absolute Gasteiger partial charge is 0.478 e. The molecule has 2 aromatic rings. The zero-order valence-corrected chi connectivity index (χ0v) is 19.7. The summed E-state index contributed by atoms with van der Waals surface area (Å²) in [6.07, 6.45) is 3.17. The molecule has 12 nitrogen and oxygen atoms in total. The molecule has 0 fully saturated rings. The summed E-state index contributed by atoms with van der Waals surface area (Å²) in [4.78, 5) is 69.2. The minimum absolute atomic E-state index is 0.0920. The quantitative estimate of drug-likeness (QED) is 0.201. The van der Waals surface area contributed by atoms with E-state index < -0.39 is 35.7 Å². The third-order valence-electron chi connectivity index (χ3n) is 5.35. The highest BCUT2D eigenvalue weighted by atomic mass is 16.4. The van der Waals surface area contributed by atoms with Gasteiger partial charge in [0.15, 0.2) is 0 Å². The van der Waals surface area contributed by atoms with Gasteiger partial charge in [0.1, 0.15) is 0 Å². The second-order valence-corrected chi connectivity index (χ2v) is 8.11. The Balaban J connectivity index is 1.74. The van der Waals surface area contributed by atoms with Gasteiger partial charge < -0.3 is 31.1 Å². The Morgan fingerprint density at radius 3 is 1.19 bits per heavy atom. The zero-order valence-electron chi connectivity index (χ0n) is 19.7. The van der Waals surface area contributed by atoms with Crippen molar-refractivity contribution >= 4 is 47.1 Å². The van der Waals surface area contributed by atoms with Crippen LogP contribution in [0.4, 0.5) is 11.4 Å². The van der Waals surface area contributed by atoms with Crippen LogP contribution < -0.4 is 10.6 Å². The fraction of sp³-hybridized carbons (Fsp3) is 0.280. The van der Waals surface area contributed by atoms with Gasteiger partial charge in [-0.05, 0) is 49.2 Å². The van der Waals surface area contributed by atoms with E-state index in [1.807, 2.05) is 0 Å². The summed E-state index contributed by atoms with van der Waals surface area (Å²) in [5, 5.41) is 41.4. The molecule has 2 aromatic carbocycles. The van der Waals surface area contributed by atoms with Gasteiger partial charge in [0.2, 0.25) is 11.8 Å². The number of carboxylic acids is 4. The minimum atomic E-state index is -1.30. The fourth-order valence-electron chi connectivity index (χ4n) is 3.46. The lowest BCUT2D eigenvalue weighted by Crippen LogP contribution is -2.15. The molecule has 0 heterocycles. The van der Waals surface area contributed by atoms with E-state index in [9.17, 15) is 39.0 Å². The van der Waals surface area contributed by atoms with Crippen molar-refractivity contribution in [2.75, 3.05) is 10.6 Å². The minimum Gasteiger partial charge on any atom is -0.478 e. The van der Waals surface area contributed by atoms with Crippen LogP contribution in [0, 0.1) is 0 Å². The molecule has 0 saturated heterocycles. The Hall–Kier alpha value is -4.74. The molecule has 12 heteroatoms. The van der Waals surface area contributed by atoms with E-state index >= 15 is 0 Å². The molecular formula is C25H26N2O10. The predicted molar refractivity (Wildman–Crippen MR) is 130 cm³/mol. The van der Waals surface area contributed by atoms with Crippen molar-refractivity contribution in [3.05, 3.63) is 58.7 Å². The van der Waals surface area contributed by atoms with E-state index in [0.29, 0.717) is 32.1 Å². The number of unbranched alkanes of at least 4 members (excludes halogenated alkanes) is 4. The van der Waals surface area contributed by atoms with E-state index in [0.717, 1.165) is 36.4 Å². The molecule has 37 heavy (non-hydrogen) atoms. The lowest BCUT2D eigenvalue weighted by molar-refractivity contribution is -0.117. The Labute approximate surface area is 210 Å². The molecule has 0 aliphatic heterocycles. The van der Waals surface area contributed by atoms with Crippen LogP contribution in [-0.4, -0.2) is 56.1 Å². The maximum Gasteiger partial charge on any atom is 0.337 e. The maximum atomic E-state index is 12.2. The van der Waals surface area contributed by atoms with Crippen molar-refractivity contribution in [1.82, 2.24) is 0 Å². The number of carbonyl (C=O) groups is 6. The number of anilines is 2. The average Bonchev–Trinajstić information content (AvgIpc) is 2.82. The Bertz CT molecular complexity index is 1130. The van der Waals surface area contributed by atoms with Gasteiger partial charge in [-0.25, -0.2) is 19.2 Å². The van der Waals surface area contributed by atoms with Gasteiger partial charge in [0.25, 0.3) is 0 Å². The number of hydrogen-bond acceptors (Lipinski definition) is 6. The lowest BCUT2D eigenvalue weighted by atomic mass is 10.1. The number of rotatable bonds is 14. The van der Waals surface area contributed by atoms with E-state index in [-0.39, 0.29) is 46.5 Å². The first-order chi connectivity index (χ1) is 17.5. The molecule has 0 unspecified atom stereocenters. The van der Waals surface area contributed by atoms with Gasteiger partial charge in [0.05, 0.1) is 33.6 Å². The molecule has 0 spiro atoms. The summed E-state index contributed by atoms with van der Waals surface area (Å²) in [5.74, 6) is -6.02. The molecule has 0 aliphatic carbocycles. The third kappa shape index (κ3) is 8.76. The van der Waals surface area contributed by atoms with E-state index in [4.69, 9.17) is 10.2 Å². The van der Waals surface area contributed by atoms with Gasteiger partial charge in [-0.15, -0.1) is 0 Å². The number of hydrogen-bond donors (Lipinski definition) is 6. The van der Waals surface area contributed by atoms with Crippen molar-refractivity contribution in [2.24, 2.45) is 0 Å². The van der Waals surface area contributed by atoms with Crippen molar-refractivity contribution in [2.45, 2.75) is 44.9 Å². The van der Waals surface area contributed by atoms with Crippen molar-refractivity contribution in [3.8, 4) is 0 Å². The molecule has 196 valence electrons. The summed E-state index contributed by atoms with van der Waals surface area (Å²) in [6, 6.07) is 6.68. The Kier molecular flexibility index (Phi) is 10.3. The molecule has 0 aromatic heterocycles. The highest BCUT2D eigenvalue weighted by molar-refractivity contribution is 6.03. The lowest BCUT2D eigenvalue weighted by Gasteiger charge is -2.10. The number of carbonyl (C=O) groups excluding carboxylic acids is 2. The smallest absolute Gasteiger partial charge is 0.337 e. The molecule has 2 amide bonds. The molecule has 6 N–H and O–H groups in total. The summed E-state index contributed by atoms with van der Waals surface area (Å²) >= 11 is 0. The first kappa shape index (κ1) is 28.5.